The summed E-state index contributed by atoms with van der Waals surface area (Å²) in [5.41, 5.74) is 3.01. The van der Waals surface area contributed by atoms with Crippen LogP contribution >= 0.6 is 11.3 Å². The predicted molar refractivity (Wildman–Crippen MR) is 84.6 cm³/mol. The molecule has 20 heavy (non-hydrogen) atoms. The number of hydrogen-bond acceptors (Lipinski definition) is 3. The molecule has 0 spiro atoms. The van der Waals surface area contributed by atoms with E-state index in [-0.39, 0.29) is 11.8 Å². The van der Waals surface area contributed by atoms with E-state index in [1.54, 1.807) is 11.3 Å². The molecule has 3 nitrogen and oxygen atoms in total. The molecule has 0 aromatic carbocycles. The van der Waals surface area contributed by atoms with Crippen LogP contribution in [0.1, 0.15) is 39.6 Å². The number of ketones is 1. The fourth-order valence-electron chi connectivity index (χ4n) is 2.33. The molecule has 0 aliphatic heterocycles. The topological polar surface area (TPSA) is 25.2 Å². The average molecular weight is 290 g/mol. The summed E-state index contributed by atoms with van der Waals surface area (Å²) in [5, 5.41) is 2.08. The van der Waals surface area contributed by atoms with Crippen LogP contribution in [-0.4, -0.2) is 28.8 Å². The van der Waals surface area contributed by atoms with Gasteiger partial charge in [0.25, 0.3) is 0 Å². The highest BCUT2D eigenvalue weighted by molar-refractivity contribution is 7.10. The van der Waals surface area contributed by atoms with Gasteiger partial charge in [0.2, 0.25) is 0 Å². The molecule has 4 heteroatoms. The van der Waals surface area contributed by atoms with Gasteiger partial charge >= 0.3 is 0 Å². The Morgan fingerprint density at radius 2 is 2.15 bits per heavy atom. The van der Waals surface area contributed by atoms with Crippen molar-refractivity contribution in [2.75, 3.05) is 13.6 Å². The van der Waals surface area contributed by atoms with Crippen molar-refractivity contribution in [2.45, 2.75) is 26.8 Å². The smallest absolute Gasteiger partial charge is 0.178 e. The minimum atomic E-state index is 0.192. The summed E-state index contributed by atoms with van der Waals surface area (Å²) < 4.78 is 2.07. The summed E-state index contributed by atoms with van der Waals surface area (Å²) in [7, 11) is 4.01. The molecule has 2 heterocycles. The SMILES string of the molecule is Cc1cc(C(=O)CN(C)C(C)c2cccs2)c(C)n1C. The highest BCUT2D eigenvalue weighted by Crippen LogP contribution is 2.24. The zero-order valence-corrected chi connectivity index (χ0v) is 13.6. The maximum Gasteiger partial charge on any atom is 0.178 e. The maximum atomic E-state index is 12.5. The maximum absolute atomic E-state index is 12.5. The Labute approximate surface area is 124 Å². The molecule has 1 atom stereocenters. The minimum Gasteiger partial charge on any atom is -0.351 e. The molecule has 0 aliphatic carbocycles. The van der Waals surface area contributed by atoms with Crippen LogP contribution in [-0.2, 0) is 7.05 Å². The van der Waals surface area contributed by atoms with Crippen LogP contribution in [0.5, 0.6) is 0 Å². The van der Waals surface area contributed by atoms with Gasteiger partial charge in [0.05, 0.1) is 6.54 Å². The van der Waals surface area contributed by atoms with E-state index in [0.717, 1.165) is 17.0 Å². The summed E-state index contributed by atoms with van der Waals surface area (Å²) in [6, 6.07) is 6.43. The first-order valence-electron chi connectivity index (χ1n) is 6.81. The first-order valence-corrected chi connectivity index (χ1v) is 7.69. The Hall–Kier alpha value is -1.39. The number of aryl methyl sites for hydroxylation is 1. The van der Waals surface area contributed by atoms with E-state index in [4.69, 9.17) is 0 Å². The normalized spacial score (nSPS) is 12.9. The summed E-state index contributed by atoms with van der Waals surface area (Å²) in [6.07, 6.45) is 0. The van der Waals surface area contributed by atoms with Crippen LogP contribution in [0.2, 0.25) is 0 Å². The van der Waals surface area contributed by atoms with Crippen LogP contribution in [0.3, 0.4) is 0 Å². The second kappa shape index (κ2) is 5.94. The molecule has 0 fully saturated rings. The van der Waals surface area contributed by atoms with Crippen molar-refractivity contribution in [3.05, 3.63) is 45.4 Å². The van der Waals surface area contributed by atoms with Gasteiger partial charge in [0, 0.05) is 34.9 Å². The van der Waals surface area contributed by atoms with Gasteiger partial charge < -0.3 is 4.57 Å². The molecule has 0 saturated carbocycles. The third kappa shape index (κ3) is 2.86. The second-order valence-electron chi connectivity index (χ2n) is 5.37. The van der Waals surface area contributed by atoms with Gasteiger partial charge in [0.1, 0.15) is 0 Å². The lowest BCUT2D eigenvalue weighted by molar-refractivity contribution is 0.0925. The lowest BCUT2D eigenvalue weighted by Gasteiger charge is -2.22. The summed E-state index contributed by atoms with van der Waals surface area (Å²) in [5.74, 6) is 0.192. The van der Waals surface area contributed by atoms with Gasteiger partial charge in [0.15, 0.2) is 5.78 Å². The lowest BCUT2D eigenvalue weighted by Crippen LogP contribution is -2.28. The van der Waals surface area contributed by atoms with E-state index in [2.05, 4.69) is 33.9 Å². The number of thiophene rings is 1. The quantitative estimate of drug-likeness (QED) is 0.786. The number of rotatable bonds is 5. The van der Waals surface area contributed by atoms with Crippen molar-refractivity contribution in [1.82, 2.24) is 9.47 Å². The number of hydrogen-bond donors (Lipinski definition) is 0. The fourth-order valence-corrected chi connectivity index (χ4v) is 3.18. The van der Waals surface area contributed by atoms with Gasteiger partial charge in [-0.2, -0.15) is 0 Å². The summed E-state index contributed by atoms with van der Waals surface area (Å²) in [6.45, 7) is 6.62. The predicted octanol–water partition coefficient (Wildman–Crippen LogP) is 3.58. The Bertz CT molecular complexity index is 598. The van der Waals surface area contributed by atoms with Gasteiger partial charge in [-0.25, -0.2) is 0 Å². The standard InChI is InChI=1S/C16H22N2OS/c1-11-9-14(12(2)18(11)5)15(19)10-17(4)13(3)16-7-6-8-20-16/h6-9,13H,10H2,1-5H3. The second-order valence-corrected chi connectivity index (χ2v) is 6.35. The highest BCUT2D eigenvalue weighted by Gasteiger charge is 2.19. The highest BCUT2D eigenvalue weighted by atomic mass is 32.1. The largest absolute Gasteiger partial charge is 0.351 e. The van der Waals surface area contributed by atoms with Gasteiger partial charge in [-0.1, -0.05) is 6.07 Å². The molecular weight excluding hydrogens is 268 g/mol. The van der Waals surface area contributed by atoms with Crippen molar-refractivity contribution in [3.8, 4) is 0 Å². The van der Waals surface area contributed by atoms with Crippen LogP contribution in [0.4, 0.5) is 0 Å². The van der Waals surface area contributed by atoms with Crippen molar-refractivity contribution < 1.29 is 4.79 Å². The van der Waals surface area contributed by atoms with E-state index in [1.165, 1.54) is 4.88 Å². The Morgan fingerprint density at radius 3 is 2.65 bits per heavy atom. The van der Waals surface area contributed by atoms with Crippen molar-refractivity contribution in [3.63, 3.8) is 0 Å². The van der Waals surface area contributed by atoms with Crippen LogP contribution in [0.15, 0.2) is 23.6 Å². The fraction of sp³-hybridized carbons (Fsp3) is 0.438. The van der Waals surface area contributed by atoms with E-state index in [1.807, 2.05) is 34.0 Å². The summed E-state index contributed by atoms with van der Waals surface area (Å²) >= 11 is 1.73. The average Bonchev–Trinajstić information content (AvgIpc) is 3.02. The zero-order chi connectivity index (χ0) is 14.9. The first-order chi connectivity index (χ1) is 9.41. The van der Waals surface area contributed by atoms with Gasteiger partial charge in [-0.05, 0) is 45.3 Å². The minimum absolute atomic E-state index is 0.192. The van der Waals surface area contributed by atoms with Crippen molar-refractivity contribution in [2.24, 2.45) is 7.05 Å². The monoisotopic (exact) mass is 290 g/mol. The number of carbonyl (C=O) groups excluding carboxylic acids is 1. The van der Waals surface area contributed by atoms with Gasteiger partial charge in [-0.15, -0.1) is 11.3 Å². The molecule has 108 valence electrons. The molecule has 0 saturated heterocycles. The van der Waals surface area contributed by atoms with Crippen LogP contribution in [0, 0.1) is 13.8 Å². The molecule has 0 amide bonds. The summed E-state index contributed by atoms with van der Waals surface area (Å²) in [4.78, 5) is 15.9. The number of aromatic nitrogens is 1. The molecule has 2 rings (SSSR count). The Balaban J connectivity index is 2.09. The molecule has 0 aliphatic rings. The molecule has 2 aromatic rings. The van der Waals surface area contributed by atoms with Crippen LogP contribution < -0.4 is 0 Å². The number of carbonyl (C=O) groups is 1. The van der Waals surface area contributed by atoms with Gasteiger partial charge in [-0.3, -0.25) is 9.69 Å². The molecule has 1 unspecified atom stereocenters. The lowest BCUT2D eigenvalue weighted by atomic mass is 10.1. The molecule has 0 bridgehead atoms. The van der Waals surface area contributed by atoms with Crippen molar-refractivity contribution >= 4 is 17.1 Å². The Morgan fingerprint density at radius 1 is 1.45 bits per heavy atom. The third-order valence-corrected chi connectivity index (χ3v) is 5.13. The first kappa shape index (κ1) is 15.0. The molecule has 0 N–H and O–H groups in total. The molecule has 0 radical (unpaired) electrons. The Kier molecular flexibility index (Phi) is 4.45. The number of Topliss-reactive ketones (excluding diaryl/α,β-unsaturated/α-hetero) is 1. The van der Waals surface area contributed by atoms with E-state index in [9.17, 15) is 4.79 Å². The number of nitrogens with zero attached hydrogens (tertiary/aromatic N) is 2. The zero-order valence-electron chi connectivity index (χ0n) is 12.8. The van der Waals surface area contributed by atoms with Crippen LogP contribution in [0.25, 0.3) is 0 Å². The van der Waals surface area contributed by atoms with E-state index >= 15 is 0 Å². The third-order valence-electron chi connectivity index (χ3n) is 4.08. The molecular formula is C16H22N2OS. The number of likely N-dealkylation sites (N-methyl/N-ethyl adjacent to an activating group) is 1. The van der Waals surface area contributed by atoms with E-state index in [0.29, 0.717) is 6.54 Å². The van der Waals surface area contributed by atoms with Crippen molar-refractivity contribution in [1.29, 1.82) is 0 Å². The van der Waals surface area contributed by atoms with E-state index < -0.39 is 0 Å². The molecule has 2 aromatic heterocycles.